The first-order valence-corrected chi connectivity index (χ1v) is 9.72. The van der Waals surface area contributed by atoms with Crippen LogP contribution < -0.4 is 0 Å². The van der Waals surface area contributed by atoms with Gasteiger partial charge in [-0.15, -0.1) is 0 Å². The van der Waals surface area contributed by atoms with Gasteiger partial charge in [0.2, 0.25) is 0 Å². The van der Waals surface area contributed by atoms with Crippen molar-refractivity contribution in [3.63, 3.8) is 0 Å². The average Bonchev–Trinajstić information content (AvgIpc) is 2.59. The zero-order chi connectivity index (χ0) is 18.9. The minimum atomic E-state index is -1.34. The Morgan fingerprint density at radius 3 is 2.62 bits per heavy atom. The van der Waals surface area contributed by atoms with E-state index in [2.05, 4.69) is 9.38 Å². The van der Waals surface area contributed by atoms with Crippen LogP contribution in [0, 0.1) is 6.92 Å². The Labute approximate surface area is 161 Å². The molecule has 4 nitrogen and oxygen atoms in total. The van der Waals surface area contributed by atoms with Crippen LogP contribution in [0.2, 0.25) is 5.02 Å². The lowest BCUT2D eigenvalue weighted by Gasteiger charge is -2.18. The van der Waals surface area contributed by atoms with E-state index in [1.165, 1.54) is 0 Å². The van der Waals surface area contributed by atoms with Crippen LogP contribution in [-0.2, 0) is 11.4 Å². The summed E-state index contributed by atoms with van der Waals surface area (Å²) in [5, 5.41) is 1.50. The first kappa shape index (κ1) is 18.8. The molecular formula is C20H20ClN3OS. The summed E-state index contributed by atoms with van der Waals surface area (Å²) in [6.07, 6.45) is 3.41. The Morgan fingerprint density at radius 1 is 1.19 bits per heavy atom. The summed E-state index contributed by atoms with van der Waals surface area (Å²) in [7, 11) is 0. The highest BCUT2D eigenvalue weighted by Gasteiger charge is 2.26. The van der Waals surface area contributed by atoms with Gasteiger partial charge in [-0.25, -0.2) is 4.98 Å². The van der Waals surface area contributed by atoms with Crippen LogP contribution >= 0.6 is 11.6 Å². The van der Waals surface area contributed by atoms with Crippen LogP contribution in [0.25, 0.3) is 22.2 Å². The zero-order valence-corrected chi connectivity index (χ0v) is 16.7. The van der Waals surface area contributed by atoms with E-state index >= 15 is 0 Å². The standard InChI is InChI=1S/C20H20ClN3OS/c1-13-8-9-15(11-22-13)18-16(12-23-26(25)20(2,3)4)10-14-6-5-7-17(21)19(14)24-18/h5-12H,1-4H3/b23-12+. The SMILES string of the molecule is Cc1ccc(-c2nc3c(Cl)cccc3cc2/C=N/[S+]([O-])C(C)(C)C)cn1. The number of fused-ring (bicyclic) bond motifs is 1. The molecule has 2 heterocycles. The van der Waals surface area contributed by atoms with E-state index in [4.69, 9.17) is 16.6 Å². The molecular weight excluding hydrogens is 366 g/mol. The van der Waals surface area contributed by atoms with Crippen molar-refractivity contribution in [2.45, 2.75) is 32.4 Å². The van der Waals surface area contributed by atoms with E-state index in [1.54, 1.807) is 12.4 Å². The van der Waals surface area contributed by atoms with Crippen molar-refractivity contribution in [3.05, 3.63) is 58.9 Å². The Balaban J connectivity index is 2.17. The lowest BCUT2D eigenvalue weighted by atomic mass is 10.0. The number of hydrogen-bond donors (Lipinski definition) is 0. The quantitative estimate of drug-likeness (QED) is 0.463. The summed E-state index contributed by atoms with van der Waals surface area (Å²) in [5.74, 6) is 0. The van der Waals surface area contributed by atoms with Crippen LogP contribution in [0.1, 0.15) is 32.0 Å². The second-order valence-corrected chi connectivity index (χ2v) is 9.36. The first-order valence-electron chi connectivity index (χ1n) is 8.24. The maximum atomic E-state index is 12.3. The highest BCUT2D eigenvalue weighted by Crippen LogP contribution is 2.28. The van der Waals surface area contributed by atoms with Gasteiger partial charge in [-0.05, 0) is 52.0 Å². The summed E-state index contributed by atoms with van der Waals surface area (Å²) in [5.41, 5.74) is 4.01. The third kappa shape index (κ3) is 4.06. The molecule has 0 saturated carbocycles. The fraction of sp³-hybridized carbons (Fsp3) is 0.250. The van der Waals surface area contributed by atoms with E-state index in [-0.39, 0.29) is 0 Å². The molecule has 0 N–H and O–H groups in total. The molecule has 0 radical (unpaired) electrons. The number of aromatic nitrogens is 2. The minimum Gasteiger partial charge on any atom is -0.591 e. The molecule has 0 aliphatic rings. The molecule has 134 valence electrons. The topological polar surface area (TPSA) is 61.2 Å². The van der Waals surface area contributed by atoms with Crippen LogP contribution in [0.3, 0.4) is 0 Å². The van der Waals surface area contributed by atoms with E-state index in [0.29, 0.717) is 10.7 Å². The van der Waals surface area contributed by atoms with Crippen molar-refractivity contribution < 1.29 is 4.55 Å². The fourth-order valence-electron chi connectivity index (χ4n) is 2.38. The van der Waals surface area contributed by atoms with Gasteiger partial charge < -0.3 is 4.55 Å². The molecule has 1 unspecified atom stereocenters. The van der Waals surface area contributed by atoms with Gasteiger partial charge in [-0.2, -0.15) is 0 Å². The van der Waals surface area contributed by atoms with Crippen molar-refractivity contribution >= 4 is 40.1 Å². The van der Waals surface area contributed by atoms with Gasteiger partial charge in [0.15, 0.2) is 0 Å². The van der Waals surface area contributed by atoms with E-state index in [0.717, 1.165) is 27.7 Å². The van der Waals surface area contributed by atoms with Crippen LogP contribution in [0.5, 0.6) is 0 Å². The van der Waals surface area contributed by atoms with E-state index in [1.807, 2.05) is 64.1 Å². The van der Waals surface area contributed by atoms with Crippen molar-refractivity contribution in [1.29, 1.82) is 0 Å². The number of halogens is 1. The van der Waals surface area contributed by atoms with Gasteiger partial charge in [0, 0.05) is 28.4 Å². The van der Waals surface area contributed by atoms with Crippen molar-refractivity contribution in [2.24, 2.45) is 4.40 Å². The lowest BCUT2D eigenvalue weighted by Crippen LogP contribution is -2.25. The molecule has 0 amide bonds. The monoisotopic (exact) mass is 385 g/mol. The molecule has 1 atom stereocenters. The van der Waals surface area contributed by atoms with Gasteiger partial charge in [0.25, 0.3) is 0 Å². The summed E-state index contributed by atoms with van der Waals surface area (Å²) < 4.78 is 16.1. The van der Waals surface area contributed by atoms with Gasteiger partial charge >= 0.3 is 0 Å². The molecule has 0 bridgehead atoms. The third-order valence-electron chi connectivity index (χ3n) is 3.82. The number of rotatable bonds is 3. The van der Waals surface area contributed by atoms with Crippen LogP contribution in [0.4, 0.5) is 0 Å². The molecule has 0 spiro atoms. The highest BCUT2D eigenvalue weighted by molar-refractivity contribution is 7.91. The third-order valence-corrected chi connectivity index (χ3v) is 5.47. The van der Waals surface area contributed by atoms with Crippen LogP contribution in [-0.4, -0.2) is 25.5 Å². The molecule has 0 saturated heterocycles. The van der Waals surface area contributed by atoms with Gasteiger partial charge in [0.05, 0.1) is 22.4 Å². The average molecular weight is 386 g/mol. The first-order chi connectivity index (χ1) is 12.3. The summed E-state index contributed by atoms with van der Waals surface area (Å²) in [6, 6.07) is 11.5. The maximum absolute atomic E-state index is 12.3. The second-order valence-electron chi connectivity index (χ2n) is 7.02. The molecule has 3 rings (SSSR count). The molecule has 3 aromatic rings. The van der Waals surface area contributed by atoms with Crippen molar-refractivity contribution in [2.75, 3.05) is 0 Å². The number of hydrogen-bond acceptors (Lipinski definition) is 4. The van der Waals surface area contributed by atoms with Gasteiger partial charge in [-0.3, -0.25) is 4.98 Å². The number of nitrogens with zero attached hydrogens (tertiary/aromatic N) is 3. The van der Waals surface area contributed by atoms with Gasteiger partial charge in [0.1, 0.15) is 16.1 Å². The van der Waals surface area contributed by atoms with Crippen LogP contribution in [0.15, 0.2) is 47.0 Å². The predicted molar refractivity (Wildman–Crippen MR) is 110 cm³/mol. The molecule has 6 heteroatoms. The molecule has 26 heavy (non-hydrogen) atoms. The lowest BCUT2D eigenvalue weighted by molar-refractivity contribution is 0.562. The Bertz CT molecular complexity index is 965. The van der Waals surface area contributed by atoms with Crippen molar-refractivity contribution in [3.8, 4) is 11.3 Å². The Morgan fingerprint density at radius 2 is 1.96 bits per heavy atom. The fourth-order valence-corrected chi connectivity index (χ4v) is 3.13. The van der Waals surface area contributed by atoms with E-state index in [9.17, 15) is 4.55 Å². The molecule has 0 aliphatic heterocycles. The van der Waals surface area contributed by atoms with E-state index < -0.39 is 16.1 Å². The molecule has 0 aliphatic carbocycles. The smallest absolute Gasteiger partial charge is 0.144 e. The van der Waals surface area contributed by atoms with Crippen molar-refractivity contribution in [1.82, 2.24) is 9.97 Å². The second kappa shape index (κ2) is 7.35. The summed E-state index contributed by atoms with van der Waals surface area (Å²) >= 11 is 4.98. The summed E-state index contributed by atoms with van der Waals surface area (Å²) in [4.78, 5) is 9.11. The maximum Gasteiger partial charge on any atom is 0.144 e. The van der Waals surface area contributed by atoms with Gasteiger partial charge in [-0.1, -0.05) is 28.1 Å². The predicted octanol–water partition coefficient (Wildman–Crippen LogP) is 5.14. The number of pyridine rings is 2. The Kier molecular flexibility index (Phi) is 5.32. The Hall–Kier alpha value is -1.95. The largest absolute Gasteiger partial charge is 0.591 e. The number of aryl methyl sites for hydroxylation is 1. The summed E-state index contributed by atoms with van der Waals surface area (Å²) in [6.45, 7) is 7.61. The molecule has 2 aromatic heterocycles. The zero-order valence-electron chi connectivity index (χ0n) is 15.2. The number of para-hydroxylation sites is 1. The minimum absolute atomic E-state index is 0.421. The number of benzene rings is 1. The normalized spacial score (nSPS) is 13.5. The highest BCUT2D eigenvalue weighted by atomic mass is 35.5. The molecule has 1 aromatic carbocycles. The molecule has 0 fully saturated rings.